The van der Waals surface area contributed by atoms with Gasteiger partial charge in [-0.2, -0.15) is 0 Å². The molecule has 4 heteroatoms. The van der Waals surface area contributed by atoms with Gasteiger partial charge in [0.2, 0.25) is 3.70 Å². The van der Waals surface area contributed by atoms with Crippen molar-refractivity contribution in [3.05, 3.63) is 21.2 Å². The molecule has 1 rings (SSSR count). The van der Waals surface area contributed by atoms with Crippen LogP contribution in [-0.2, 0) is 0 Å². The van der Waals surface area contributed by atoms with Crippen LogP contribution in [0.15, 0.2) is 12.3 Å². The van der Waals surface area contributed by atoms with Crippen molar-refractivity contribution in [2.45, 2.75) is 0 Å². The van der Waals surface area contributed by atoms with Crippen LogP contribution in [0.1, 0.15) is 0 Å². The highest BCUT2D eigenvalue weighted by atomic mass is 127. The molecule has 0 aliphatic carbocycles. The van der Waals surface area contributed by atoms with Crippen LogP contribution in [0.5, 0.6) is 0 Å². The van der Waals surface area contributed by atoms with Crippen molar-refractivity contribution in [2.24, 2.45) is 0 Å². The van der Waals surface area contributed by atoms with Crippen molar-refractivity contribution in [3.8, 4) is 0 Å². The molecule has 0 aliphatic heterocycles. The minimum absolute atomic E-state index is 0.428. The molecule has 0 saturated heterocycles. The van der Waals surface area contributed by atoms with Crippen LogP contribution in [0.25, 0.3) is 0 Å². The first-order valence-electron chi connectivity index (χ1n) is 1.99. The van der Waals surface area contributed by atoms with Gasteiger partial charge in [0.05, 0.1) is 6.20 Å². The predicted octanol–water partition coefficient (Wildman–Crippen LogP) is 1.15. The Bertz CT molecular complexity index is 174. The maximum atomic E-state index is 5.47. The van der Waals surface area contributed by atoms with Gasteiger partial charge < -0.3 is 0 Å². The molecule has 0 radical (unpaired) electrons. The van der Waals surface area contributed by atoms with E-state index in [1.165, 1.54) is 0 Å². The molecule has 0 amide bonds. The highest BCUT2D eigenvalue weighted by Crippen LogP contribution is 1.98. The lowest BCUT2D eigenvalue weighted by Crippen LogP contribution is -2.04. The van der Waals surface area contributed by atoms with E-state index in [-0.39, 0.29) is 0 Å². The van der Waals surface area contributed by atoms with Crippen molar-refractivity contribution in [1.29, 1.82) is 0 Å². The Morgan fingerprint density at radius 3 is 2.88 bits per heavy atom. The van der Waals surface area contributed by atoms with E-state index in [4.69, 9.17) is 11.6 Å². The molecule has 1 N–H and O–H groups in total. The molecular weight excluding hydrogens is 238 g/mol. The summed E-state index contributed by atoms with van der Waals surface area (Å²) in [6.45, 7) is 0. The molecule has 1 aromatic heterocycles. The second-order valence-electron chi connectivity index (χ2n) is 1.20. The van der Waals surface area contributed by atoms with Crippen LogP contribution < -0.4 is 4.98 Å². The van der Waals surface area contributed by atoms with E-state index in [1.807, 2.05) is 6.07 Å². The van der Waals surface area contributed by atoms with E-state index >= 15 is 0 Å². The largest absolute Gasteiger partial charge is 0.394 e. The monoisotopic (exact) mass is 241 g/mol. The van der Waals surface area contributed by atoms with E-state index in [0.717, 1.165) is 3.70 Å². The summed E-state index contributed by atoms with van der Waals surface area (Å²) in [5, 5.41) is 0.428. The Morgan fingerprint density at radius 1 is 1.75 bits per heavy atom. The second kappa shape index (κ2) is 2.59. The SMILES string of the molecule is Clc1nc(I)cc[nH+]1. The van der Waals surface area contributed by atoms with Crippen molar-refractivity contribution in [2.75, 3.05) is 0 Å². The molecular formula is C4H3ClIN2+. The molecule has 1 aromatic rings. The fraction of sp³-hybridized carbons (Fsp3) is 0. The molecule has 0 aromatic carbocycles. The third-order valence-electron chi connectivity index (χ3n) is 0.628. The molecule has 0 aliphatic rings. The van der Waals surface area contributed by atoms with Crippen molar-refractivity contribution in [1.82, 2.24) is 4.98 Å². The Hall–Kier alpha value is 0.1000. The Kier molecular flexibility index (Phi) is 2.01. The zero-order chi connectivity index (χ0) is 5.98. The molecule has 0 atom stereocenters. The Labute approximate surface area is 65.4 Å². The topological polar surface area (TPSA) is 27.0 Å². The van der Waals surface area contributed by atoms with Crippen LogP contribution in [0.4, 0.5) is 0 Å². The van der Waals surface area contributed by atoms with E-state index in [1.54, 1.807) is 6.20 Å². The van der Waals surface area contributed by atoms with Crippen LogP contribution in [0.2, 0.25) is 5.28 Å². The first-order chi connectivity index (χ1) is 3.79. The minimum Gasteiger partial charge on any atom is -0.233 e. The molecule has 8 heavy (non-hydrogen) atoms. The zero-order valence-electron chi connectivity index (χ0n) is 3.86. The summed E-state index contributed by atoms with van der Waals surface area (Å²) < 4.78 is 0.895. The Morgan fingerprint density at radius 2 is 2.50 bits per heavy atom. The lowest BCUT2D eigenvalue weighted by Gasteiger charge is -1.75. The van der Waals surface area contributed by atoms with Crippen molar-refractivity contribution >= 4 is 34.2 Å². The van der Waals surface area contributed by atoms with Crippen LogP contribution in [-0.4, -0.2) is 4.98 Å². The fourth-order valence-corrected chi connectivity index (χ4v) is 1.06. The van der Waals surface area contributed by atoms with Gasteiger partial charge >= 0.3 is 5.28 Å². The number of hydrogen-bond donors (Lipinski definition) is 0. The summed E-state index contributed by atoms with van der Waals surface area (Å²) in [5.74, 6) is 0. The third kappa shape index (κ3) is 1.56. The minimum atomic E-state index is 0.428. The summed E-state index contributed by atoms with van der Waals surface area (Å²) in [4.78, 5) is 6.59. The van der Waals surface area contributed by atoms with E-state index < -0.39 is 0 Å². The van der Waals surface area contributed by atoms with Gasteiger partial charge in [0.15, 0.2) is 0 Å². The van der Waals surface area contributed by atoms with E-state index in [9.17, 15) is 0 Å². The number of H-pyrrole nitrogens is 1. The van der Waals surface area contributed by atoms with E-state index in [0.29, 0.717) is 5.28 Å². The third-order valence-corrected chi connectivity index (χ3v) is 1.42. The molecule has 0 unspecified atom stereocenters. The zero-order valence-corrected chi connectivity index (χ0v) is 6.77. The number of aromatic nitrogens is 2. The van der Waals surface area contributed by atoms with Gasteiger partial charge in [0.1, 0.15) is 0 Å². The standard InChI is InChI=1S/C4H2ClIN2/c5-4-7-2-1-3(6)8-4/h1-2H/p+1. The fourth-order valence-electron chi connectivity index (χ4n) is 0.343. The number of nitrogens with one attached hydrogen (secondary N) is 1. The van der Waals surface area contributed by atoms with Gasteiger partial charge in [-0.1, -0.05) is 0 Å². The molecule has 42 valence electrons. The van der Waals surface area contributed by atoms with Gasteiger partial charge in [0, 0.05) is 40.3 Å². The maximum absolute atomic E-state index is 5.47. The maximum Gasteiger partial charge on any atom is 0.394 e. The van der Waals surface area contributed by atoms with Crippen LogP contribution in [0.3, 0.4) is 0 Å². The first kappa shape index (κ1) is 6.22. The molecule has 1 heterocycles. The van der Waals surface area contributed by atoms with Crippen molar-refractivity contribution in [3.63, 3.8) is 0 Å². The highest BCUT2D eigenvalue weighted by molar-refractivity contribution is 14.1. The van der Waals surface area contributed by atoms with Crippen LogP contribution >= 0.6 is 34.2 Å². The number of halogens is 2. The number of nitrogens with zero attached hydrogens (tertiary/aromatic N) is 1. The number of hydrogen-bond acceptors (Lipinski definition) is 1. The highest BCUT2D eigenvalue weighted by Gasteiger charge is 1.98. The molecule has 2 nitrogen and oxygen atoms in total. The molecule has 0 spiro atoms. The molecule has 0 bridgehead atoms. The average molecular weight is 241 g/mol. The second-order valence-corrected chi connectivity index (χ2v) is 2.67. The average Bonchev–Trinajstić information content (AvgIpc) is 1.64. The van der Waals surface area contributed by atoms with Gasteiger partial charge in [0.25, 0.3) is 0 Å². The van der Waals surface area contributed by atoms with Gasteiger partial charge in [-0.25, -0.2) is 4.98 Å². The summed E-state index contributed by atoms with van der Waals surface area (Å²) in [7, 11) is 0. The predicted molar refractivity (Wildman–Crippen MR) is 38.5 cm³/mol. The van der Waals surface area contributed by atoms with Gasteiger partial charge in [-0.15, -0.1) is 0 Å². The summed E-state index contributed by atoms with van der Waals surface area (Å²) in [6, 6.07) is 1.84. The Balaban J connectivity index is 3.08. The molecule has 0 saturated carbocycles. The smallest absolute Gasteiger partial charge is 0.233 e. The first-order valence-corrected chi connectivity index (χ1v) is 3.44. The van der Waals surface area contributed by atoms with Gasteiger partial charge in [-0.3, -0.25) is 0 Å². The number of rotatable bonds is 0. The van der Waals surface area contributed by atoms with Crippen LogP contribution in [0, 0.1) is 3.70 Å². The van der Waals surface area contributed by atoms with Crippen molar-refractivity contribution < 1.29 is 4.98 Å². The lowest BCUT2D eigenvalue weighted by atomic mass is 10.7. The number of aromatic amines is 1. The normalized spacial score (nSPS) is 9.25. The lowest BCUT2D eigenvalue weighted by molar-refractivity contribution is -0.380. The quantitative estimate of drug-likeness (QED) is 0.380. The summed E-state index contributed by atoms with van der Waals surface area (Å²) in [6.07, 6.45) is 1.75. The van der Waals surface area contributed by atoms with E-state index in [2.05, 4.69) is 32.6 Å². The molecule has 0 fully saturated rings. The summed E-state index contributed by atoms with van der Waals surface area (Å²) >= 11 is 7.56. The van der Waals surface area contributed by atoms with Gasteiger partial charge in [-0.05, 0) is 4.98 Å². The summed E-state index contributed by atoms with van der Waals surface area (Å²) in [5.41, 5.74) is 0.